The lowest BCUT2D eigenvalue weighted by Gasteiger charge is -2.17. The van der Waals surface area contributed by atoms with Crippen molar-refractivity contribution < 1.29 is 9.90 Å². The summed E-state index contributed by atoms with van der Waals surface area (Å²) in [5.41, 5.74) is 5.70. The number of rotatable bonds is 8. The lowest BCUT2D eigenvalue weighted by atomic mass is 10.0. The molecule has 1 amide bonds. The summed E-state index contributed by atoms with van der Waals surface area (Å²) in [7, 11) is 0. The number of hydrogen-bond acceptors (Lipinski definition) is 3. The molecule has 15 heavy (non-hydrogen) atoms. The van der Waals surface area contributed by atoms with Crippen molar-refractivity contribution in [3.63, 3.8) is 0 Å². The fourth-order valence-corrected chi connectivity index (χ4v) is 1.29. The normalized spacial score (nSPS) is 14.7. The number of unbranched alkanes of at least 4 members (excludes halogenated alkanes) is 2. The van der Waals surface area contributed by atoms with E-state index in [1.54, 1.807) is 0 Å². The van der Waals surface area contributed by atoms with Crippen molar-refractivity contribution in [3.05, 3.63) is 0 Å². The van der Waals surface area contributed by atoms with Gasteiger partial charge in [0.05, 0.1) is 0 Å². The first-order chi connectivity index (χ1) is 7.13. The molecular formula is C11H24N2O2. The first kappa shape index (κ1) is 14.4. The third kappa shape index (κ3) is 6.47. The summed E-state index contributed by atoms with van der Waals surface area (Å²) in [5, 5.41) is 12.2. The van der Waals surface area contributed by atoms with Crippen LogP contribution in [0.2, 0.25) is 0 Å². The molecule has 0 saturated carbocycles. The molecule has 1 unspecified atom stereocenters. The van der Waals surface area contributed by atoms with Crippen LogP contribution < -0.4 is 11.1 Å². The summed E-state index contributed by atoms with van der Waals surface area (Å²) >= 11 is 0. The number of hydrogen-bond donors (Lipinski definition) is 3. The van der Waals surface area contributed by atoms with Gasteiger partial charge in [0.15, 0.2) is 0 Å². The molecule has 0 aromatic heterocycles. The van der Waals surface area contributed by atoms with E-state index < -0.39 is 12.1 Å². The van der Waals surface area contributed by atoms with Gasteiger partial charge < -0.3 is 16.2 Å². The first-order valence-electron chi connectivity index (χ1n) is 5.84. The highest BCUT2D eigenvalue weighted by molar-refractivity contribution is 5.81. The molecule has 0 aliphatic heterocycles. The molecule has 0 spiro atoms. The Kier molecular flexibility index (Phi) is 8.33. The predicted molar refractivity (Wildman–Crippen MR) is 61.4 cm³/mol. The molecule has 4 nitrogen and oxygen atoms in total. The molecule has 0 bridgehead atoms. The maximum absolute atomic E-state index is 11.4. The second kappa shape index (κ2) is 8.68. The van der Waals surface area contributed by atoms with Gasteiger partial charge in [-0.25, -0.2) is 0 Å². The Bertz CT molecular complexity index is 174. The minimum Gasteiger partial charge on any atom is -0.382 e. The second-order valence-corrected chi connectivity index (χ2v) is 3.90. The van der Waals surface area contributed by atoms with Crippen LogP contribution in [0.4, 0.5) is 0 Å². The van der Waals surface area contributed by atoms with Gasteiger partial charge in [0.25, 0.3) is 0 Å². The molecule has 4 heteroatoms. The summed E-state index contributed by atoms with van der Waals surface area (Å²) in [6.45, 7) is 4.73. The summed E-state index contributed by atoms with van der Waals surface area (Å²) in [4.78, 5) is 11.4. The van der Waals surface area contributed by atoms with Gasteiger partial charge >= 0.3 is 0 Å². The smallest absolute Gasteiger partial charge is 0.250 e. The topological polar surface area (TPSA) is 75.3 Å². The molecule has 0 aromatic rings. The van der Waals surface area contributed by atoms with E-state index in [1.807, 2.05) is 0 Å². The maximum atomic E-state index is 11.4. The van der Waals surface area contributed by atoms with Crippen LogP contribution in [-0.2, 0) is 4.79 Å². The standard InChI is InChI=1S/C11H24N2O2/c1-3-5-7-9(12)10(14)11(15)13-8-6-4-2/h9-10,14H,3-8,12H2,1-2H3,(H,13,15)/t9-,10?/m0/s1. The summed E-state index contributed by atoms with van der Waals surface area (Å²) in [5.74, 6) is -0.341. The third-order valence-electron chi connectivity index (χ3n) is 2.39. The molecule has 0 aromatic carbocycles. The van der Waals surface area contributed by atoms with Crippen LogP contribution in [0.25, 0.3) is 0 Å². The van der Waals surface area contributed by atoms with E-state index in [1.165, 1.54) is 0 Å². The first-order valence-corrected chi connectivity index (χ1v) is 5.84. The van der Waals surface area contributed by atoms with Gasteiger partial charge in [0.2, 0.25) is 5.91 Å². The number of aliphatic hydroxyl groups excluding tert-OH is 1. The number of nitrogens with two attached hydrogens (primary N) is 1. The monoisotopic (exact) mass is 216 g/mol. The molecule has 0 aliphatic carbocycles. The fourth-order valence-electron chi connectivity index (χ4n) is 1.29. The Hall–Kier alpha value is -0.610. The highest BCUT2D eigenvalue weighted by atomic mass is 16.3. The summed E-state index contributed by atoms with van der Waals surface area (Å²) < 4.78 is 0. The minimum absolute atomic E-state index is 0.341. The Morgan fingerprint density at radius 2 is 1.93 bits per heavy atom. The van der Waals surface area contributed by atoms with E-state index in [-0.39, 0.29) is 5.91 Å². The lowest BCUT2D eigenvalue weighted by Crippen LogP contribution is -2.46. The van der Waals surface area contributed by atoms with Crippen LogP contribution in [0.3, 0.4) is 0 Å². The van der Waals surface area contributed by atoms with Crippen LogP contribution in [-0.4, -0.2) is 29.7 Å². The molecule has 0 radical (unpaired) electrons. The van der Waals surface area contributed by atoms with E-state index in [9.17, 15) is 9.90 Å². The molecule has 0 saturated heterocycles. The average molecular weight is 216 g/mol. The van der Waals surface area contributed by atoms with Gasteiger partial charge in [-0.15, -0.1) is 0 Å². The minimum atomic E-state index is -1.06. The summed E-state index contributed by atoms with van der Waals surface area (Å²) in [6, 6.07) is -0.438. The van der Waals surface area contributed by atoms with Crippen molar-refractivity contribution in [2.24, 2.45) is 5.73 Å². The zero-order valence-corrected chi connectivity index (χ0v) is 9.83. The number of amides is 1. The van der Waals surface area contributed by atoms with Crippen LogP contribution >= 0.6 is 0 Å². The van der Waals surface area contributed by atoms with Gasteiger partial charge in [0, 0.05) is 12.6 Å². The Morgan fingerprint density at radius 3 is 2.47 bits per heavy atom. The molecular weight excluding hydrogens is 192 g/mol. The van der Waals surface area contributed by atoms with Crippen LogP contribution in [0.1, 0.15) is 46.0 Å². The molecule has 0 heterocycles. The Labute approximate surface area is 92.2 Å². The van der Waals surface area contributed by atoms with E-state index >= 15 is 0 Å². The van der Waals surface area contributed by atoms with Gasteiger partial charge in [-0.2, -0.15) is 0 Å². The second-order valence-electron chi connectivity index (χ2n) is 3.90. The van der Waals surface area contributed by atoms with Crippen molar-refractivity contribution in [3.8, 4) is 0 Å². The van der Waals surface area contributed by atoms with E-state index in [0.29, 0.717) is 13.0 Å². The van der Waals surface area contributed by atoms with Crippen LogP contribution in [0.5, 0.6) is 0 Å². The predicted octanol–water partition coefficient (Wildman–Crippen LogP) is 0.781. The van der Waals surface area contributed by atoms with Gasteiger partial charge in [-0.05, 0) is 12.8 Å². The number of aliphatic hydroxyl groups is 1. The lowest BCUT2D eigenvalue weighted by molar-refractivity contribution is -0.130. The van der Waals surface area contributed by atoms with Crippen LogP contribution in [0.15, 0.2) is 0 Å². The van der Waals surface area contributed by atoms with Crippen LogP contribution in [0, 0.1) is 0 Å². The van der Waals surface area contributed by atoms with Crippen molar-refractivity contribution in [2.75, 3.05) is 6.54 Å². The van der Waals surface area contributed by atoms with Crippen molar-refractivity contribution in [1.82, 2.24) is 5.32 Å². The molecule has 2 atom stereocenters. The number of carbonyl (C=O) groups is 1. The molecule has 0 aliphatic rings. The van der Waals surface area contributed by atoms with Crippen molar-refractivity contribution in [2.45, 2.75) is 58.1 Å². The molecule has 0 rings (SSSR count). The number of nitrogens with one attached hydrogen (secondary N) is 1. The van der Waals surface area contributed by atoms with Crippen molar-refractivity contribution in [1.29, 1.82) is 0 Å². The highest BCUT2D eigenvalue weighted by Gasteiger charge is 2.21. The van der Waals surface area contributed by atoms with Gasteiger partial charge in [0.1, 0.15) is 6.10 Å². The zero-order chi connectivity index (χ0) is 11.7. The Balaban J connectivity index is 3.75. The fraction of sp³-hybridized carbons (Fsp3) is 0.909. The van der Waals surface area contributed by atoms with E-state index in [2.05, 4.69) is 19.2 Å². The SMILES string of the molecule is CCCCNC(=O)C(O)[C@@H](N)CCCC. The number of carbonyl (C=O) groups excluding carboxylic acids is 1. The zero-order valence-electron chi connectivity index (χ0n) is 9.83. The van der Waals surface area contributed by atoms with Gasteiger partial charge in [-0.3, -0.25) is 4.79 Å². The quantitative estimate of drug-likeness (QED) is 0.525. The average Bonchev–Trinajstić information content (AvgIpc) is 2.24. The molecule has 0 fully saturated rings. The van der Waals surface area contributed by atoms with E-state index in [4.69, 9.17) is 5.73 Å². The maximum Gasteiger partial charge on any atom is 0.250 e. The highest BCUT2D eigenvalue weighted by Crippen LogP contribution is 2.02. The van der Waals surface area contributed by atoms with Crippen molar-refractivity contribution >= 4 is 5.91 Å². The van der Waals surface area contributed by atoms with Gasteiger partial charge in [-0.1, -0.05) is 33.1 Å². The summed E-state index contributed by atoms with van der Waals surface area (Å²) in [6.07, 6.45) is 3.56. The molecule has 90 valence electrons. The third-order valence-corrected chi connectivity index (χ3v) is 2.39. The molecule has 4 N–H and O–H groups in total. The Morgan fingerprint density at radius 1 is 1.33 bits per heavy atom. The van der Waals surface area contributed by atoms with E-state index in [0.717, 1.165) is 25.7 Å². The largest absolute Gasteiger partial charge is 0.382 e.